The number of aromatic nitrogens is 2. The van der Waals surface area contributed by atoms with E-state index in [1.807, 2.05) is 31.2 Å². The van der Waals surface area contributed by atoms with E-state index in [0.29, 0.717) is 39.6 Å². The van der Waals surface area contributed by atoms with Gasteiger partial charge in [0.15, 0.2) is 0 Å². The second-order valence-corrected chi connectivity index (χ2v) is 7.65. The Labute approximate surface area is 196 Å². The van der Waals surface area contributed by atoms with Crippen molar-refractivity contribution in [1.82, 2.24) is 9.97 Å². The smallest absolute Gasteiger partial charge is 0.258 e. The lowest BCUT2D eigenvalue weighted by molar-refractivity contribution is 0.101. The zero-order valence-corrected chi connectivity index (χ0v) is 18.6. The highest BCUT2D eigenvalue weighted by Crippen LogP contribution is 2.32. The van der Waals surface area contributed by atoms with Crippen molar-refractivity contribution in [1.29, 1.82) is 0 Å². The molecule has 7 heteroatoms. The summed E-state index contributed by atoms with van der Waals surface area (Å²) < 4.78 is 0. The summed E-state index contributed by atoms with van der Waals surface area (Å²) >= 11 is 6.07. The van der Waals surface area contributed by atoms with Gasteiger partial charge >= 0.3 is 0 Å². The largest absolute Gasteiger partial charge is 0.306 e. The lowest BCUT2D eigenvalue weighted by Gasteiger charge is -2.16. The first-order valence-electron chi connectivity index (χ1n) is 10.4. The molecule has 0 unspecified atom stereocenters. The number of halogens is 1. The summed E-state index contributed by atoms with van der Waals surface area (Å²) in [6.45, 7) is 1.95. The molecule has 1 heterocycles. The second kappa shape index (κ2) is 10.1. The number of nitrogens with one attached hydrogen (secondary N) is 2. The normalized spacial score (nSPS) is 10.5. The quantitative estimate of drug-likeness (QED) is 0.380. The molecule has 0 bridgehead atoms. The molecule has 0 aliphatic heterocycles. The predicted octanol–water partition coefficient (Wildman–Crippen LogP) is 5.86. The molecule has 4 rings (SSSR count). The predicted molar refractivity (Wildman–Crippen MR) is 131 cm³/mol. The molecule has 0 saturated carbocycles. The number of hydrogen-bond donors (Lipinski definition) is 2. The number of anilines is 2. The van der Waals surface area contributed by atoms with E-state index in [9.17, 15) is 9.59 Å². The van der Waals surface area contributed by atoms with Crippen molar-refractivity contribution >= 4 is 35.2 Å². The lowest BCUT2D eigenvalue weighted by atomic mass is 10.0. The van der Waals surface area contributed by atoms with Gasteiger partial charge in [-0.05, 0) is 48.4 Å². The monoisotopic (exact) mass is 456 g/mol. The van der Waals surface area contributed by atoms with Crippen LogP contribution in [0, 0.1) is 0 Å². The molecule has 2 N–H and O–H groups in total. The molecule has 164 valence electrons. The number of hydrogen-bond acceptors (Lipinski definition) is 4. The number of aryl methyl sites for hydroxylation is 1. The Morgan fingerprint density at radius 1 is 0.758 bits per heavy atom. The van der Waals surface area contributed by atoms with Crippen molar-refractivity contribution in [3.8, 4) is 11.1 Å². The average molecular weight is 457 g/mol. The molecular formula is C26H21ClN4O2. The van der Waals surface area contributed by atoms with Crippen LogP contribution in [0.25, 0.3) is 11.1 Å². The minimum absolute atomic E-state index is 0.113. The Balaban J connectivity index is 1.77. The zero-order chi connectivity index (χ0) is 23.2. The molecule has 0 aliphatic rings. The van der Waals surface area contributed by atoms with Crippen LogP contribution < -0.4 is 10.6 Å². The number of rotatable bonds is 6. The molecule has 3 aromatic carbocycles. The van der Waals surface area contributed by atoms with Gasteiger partial charge in [0.25, 0.3) is 11.8 Å². The summed E-state index contributed by atoms with van der Waals surface area (Å²) in [5.74, 6) is -0.229. The zero-order valence-electron chi connectivity index (χ0n) is 17.9. The molecule has 33 heavy (non-hydrogen) atoms. The van der Waals surface area contributed by atoms with Gasteiger partial charge < -0.3 is 5.32 Å². The van der Waals surface area contributed by atoms with E-state index < -0.39 is 0 Å². The fourth-order valence-corrected chi connectivity index (χ4v) is 3.49. The number of nitrogens with zero attached hydrogens (tertiary/aromatic N) is 2. The first kappa shape index (κ1) is 22.2. The third kappa shape index (κ3) is 5.25. The molecule has 0 atom stereocenters. The molecule has 4 aromatic rings. The van der Waals surface area contributed by atoms with Crippen molar-refractivity contribution in [3.63, 3.8) is 0 Å². The molecule has 1 aromatic heterocycles. The maximum atomic E-state index is 12.9. The Kier molecular flexibility index (Phi) is 6.76. The Bertz CT molecular complexity index is 1280. The van der Waals surface area contributed by atoms with Crippen LogP contribution in [0.15, 0.2) is 84.9 Å². The van der Waals surface area contributed by atoms with E-state index in [-0.39, 0.29) is 17.8 Å². The van der Waals surface area contributed by atoms with E-state index in [1.165, 1.54) is 0 Å². The molecule has 2 amide bonds. The Hall–Kier alpha value is -4.03. The highest BCUT2D eigenvalue weighted by atomic mass is 35.5. The van der Waals surface area contributed by atoms with Crippen LogP contribution in [0.3, 0.4) is 0 Å². The van der Waals surface area contributed by atoms with Crippen LogP contribution in [-0.2, 0) is 6.42 Å². The van der Waals surface area contributed by atoms with Gasteiger partial charge in [-0.1, -0.05) is 67.1 Å². The van der Waals surface area contributed by atoms with Gasteiger partial charge in [-0.3, -0.25) is 14.9 Å². The van der Waals surface area contributed by atoms with Crippen LogP contribution in [-0.4, -0.2) is 21.8 Å². The van der Waals surface area contributed by atoms with Crippen LogP contribution in [0.4, 0.5) is 11.8 Å². The number of carbonyl (C=O) groups excluding carboxylic acids is 2. The second-order valence-electron chi connectivity index (χ2n) is 7.22. The van der Waals surface area contributed by atoms with E-state index >= 15 is 0 Å². The molecular weight excluding hydrogens is 436 g/mol. The minimum Gasteiger partial charge on any atom is -0.306 e. The van der Waals surface area contributed by atoms with Crippen LogP contribution in [0.1, 0.15) is 33.3 Å². The van der Waals surface area contributed by atoms with E-state index in [1.54, 1.807) is 60.7 Å². The van der Waals surface area contributed by atoms with Gasteiger partial charge in [0.1, 0.15) is 5.82 Å². The molecule has 0 radical (unpaired) electrons. The van der Waals surface area contributed by atoms with E-state index in [4.69, 9.17) is 11.6 Å². The van der Waals surface area contributed by atoms with Crippen molar-refractivity contribution in [2.75, 3.05) is 10.6 Å². The van der Waals surface area contributed by atoms with Gasteiger partial charge in [-0.25, -0.2) is 4.98 Å². The fraction of sp³-hybridized carbons (Fsp3) is 0.0769. The summed E-state index contributed by atoms with van der Waals surface area (Å²) in [5, 5.41) is 6.23. The SMILES string of the molecule is CCc1nc(NC(=O)c2ccccc2)nc(NC(=O)c2ccccc2)c1-c1ccc(Cl)cc1. The first-order chi connectivity index (χ1) is 16.0. The van der Waals surface area contributed by atoms with Gasteiger partial charge in [0, 0.05) is 21.7 Å². The number of amides is 2. The van der Waals surface area contributed by atoms with Crippen molar-refractivity contribution in [2.45, 2.75) is 13.3 Å². The standard InChI is InChI=1S/C26H21ClN4O2/c1-2-21-22(17-13-15-20(27)16-14-17)23(29-24(32)18-9-5-3-6-10-18)30-26(28-21)31-25(33)19-11-7-4-8-12-19/h3-16H,2H2,1H3,(H2,28,29,30,31,32,33). The molecule has 0 aliphatic carbocycles. The summed E-state index contributed by atoms with van der Waals surface area (Å²) in [6, 6.07) is 24.9. The highest BCUT2D eigenvalue weighted by molar-refractivity contribution is 6.30. The van der Waals surface area contributed by atoms with Crippen LogP contribution in [0.2, 0.25) is 5.02 Å². The van der Waals surface area contributed by atoms with Gasteiger partial charge in [-0.15, -0.1) is 0 Å². The molecule has 0 fully saturated rings. The summed E-state index contributed by atoms with van der Waals surface area (Å²) in [6.07, 6.45) is 0.558. The lowest BCUT2D eigenvalue weighted by Crippen LogP contribution is -2.19. The van der Waals surface area contributed by atoms with Gasteiger partial charge in [0.2, 0.25) is 5.95 Å². The highest BCUT2D eigenvalue weighted by Gasteiger charge is 2.19. The molecule has 0 spiro atoms. The van der Waals surface area contributed by atoms with Crippen molar-refractivity contribution < 1.29 is 9.59 Å². The number of carbonyl (C=O) groups is 2. The Morgan fingerprint density at radius 3 is 1.85 bits per heavy atom. The summed E-state index contributed by atoms with van der Waals surface area (Å²) in [5.41, 5.74) is 3.14. The summed E-state index contributed by atoms with van der Waals surface area (Å²) in [7, 11) is 0. The maximum absolute atomic E-state index is 12.9. The van der Waals surface area contributed by atoms with Gasteiger partial charge in [0.05, 0.1) is 5.69 Å². The van der Waals surface area contributed by atoms with Crippen LogP contribution >= 0.6 is 11.6 Å². The average Bonchev–Trinajstić information content (AvgIpc) is 2.85. The summed E-state index contributed by atoms with van der Waals surface area (Å²) in [4.78, 5) is 34.7. The number of benzene rings is 3. The van der Waals surface area contributed by atoms with Crippen LogP contribution in [0.5, 0.6) is 0 Å². The fourth-order valence-electron chi connectivity index (χ4n) is 3.36. The Morgan fingerprint density at radius 2 is 1.30 bits per heavy atom. The third-order valence-electron chi connectivity index (χ3n) is 4.98. The van der Waals surface area contributed by atoms with E-state index in [0.717, 1.165) is 5.56 Å². The third-order valence-corrected chi connectivity index (χ3v) is 5.23. The maximum Gasteiger partial charge on any atom is 0.258 e. The molecule has 6 nitrogen and oxygen atoms in total. The molecule has 0 saturated heterocycles. The van der Waals surface area contributed by atoms with Crippen molar-refractivity contribution in [2.24, 2.45) is 0 Å². The van der Waals surface area contributed by atoms with Crippen molar-refractivity contribution in [3.05, 3.63) is 107 Å². The van der Waals surface area contributed by atoms with Gasteiger partial charge in [-0.2, -0.15) is 4.98 Å². The first-order valence-corrected chi connectivity index (χ1v) is 10.8. The van der Waals surface area contributed by atoms with E-state index in [2.05, 4.69) is 20.6 Å². The topological polar surface area (TPSA) is 84.0 Å². The minimum atomic E-state index is -0.336.